The van der Waals surface area contributed by atoms with E-state index in [0.29, 0.717) is 18.4 Å². The van der Waals surface area contributed by atoms with E-state index >= 15 is 0 Å². The second-order valence-electron chi connectivity index (χ2n) is 9.44. The molecule has 1 aromatic heterocycles. The number of aromatic nitrogens is 1. The van der Waals surface area contributed by atoms with Crippen LogP contribution in [0.5, 0.6) is 0 Å². The van der Waals surface area contributed by atoms with Gasteiger partial charge in [0.05, 0.1) is 6.54 Å². The summed E-state index contributed by atoms with van der Waals surface area (Å²) < 4.78 is 0. The summed E-state index contributed by atoms with van der Waals surface area (Å²) in [5.74, 6) is -2.76. The van der Waals surface area contributed by atoms with Crippen molar-refractivity contribution in [1.82, 2.24) is 9.88 Å². The van der Waals surface area contributed by atoms with Crippen molar-refractivity contribution in [2.24, 2.45) is 5.73 Å². The number of nitrogens with zero attached hydrogens (tertiary/aromatic N) is 2. The molecule has 36 heavy (non-hydrogen) atoms. The molecular formula is C27H32N4O5. The van der Waals surface area contributed by atoms with Gasteiger partial charge in [-0.05, 0) is 85.6 Å². The molecule has 190 valence electrons. The first-order valence-electron chi connectivity index (χ1n) is 12.2. The summed E-state index contributed by atoms with van der Waals surface area (Å²) in [5, 5.41) is 16.1. The SMILES string of the molecule is NC(=O)CN1CC(CCN2CCC(c3ccc4[nH]ccc4c3)CC2)c2ccccc21.O=C(O)C(=O)O. The smallest absolute Gasteiger partial charge is 0.414 e. The second-order valence-corrected chi connectivity index (χ2v) is 9.44. The lowest BCUT2D eigenvalue weighted by molar-refractivity contribution is -0.159. The van der Waals surface area contributed by atoms with E-state index < -0.39 is 11.9 Å². The Hall–Kier alpha value is -3.85. The molecule has 0 radical (unpaired) electrons. The fraction of sp³-hybridized carbons (Fsp3) is 0.370. The second kappa shape index (κ2) is 11.3. The molecule has 0 spiro atoms. The van der Waals surface area contributed by atoms with Gasteiger partial charge in [-0.1, -0.05) is 24.3 Å². The van der Waals surface area contributed by atoms with Gasteiger partial charge in [0.2, 0.25) is 5.91 Å². The molecule has 0 aliphatic carbocycles. The minimum Gasteiger partial charge on any atom is -0.473 e. The van der Waals surface area contributed by atoms with E-state index in [9.17, 15) is 4.79 Å². The topological polar surface area (TPSA) is 140 Å². The van der Waals surface area contributed by atoms with Gasteiger partial charge in [0.15, 0.2) is 0 Å². The Labute approximate surface area is 209 Å². The van der Waals surface area contributed by atoms with E-state index in [-0.39, 0.29) is 5.91 Å². The normalized spacial score (nSPS) is 17.9. The fourth-order valence-electron chi connectivity index (χ4n) is 5.32. The van der Waals surface area contributed by atoms with Crippen molar-refractivity contribution in [2.45, 2.75) is 31.1 Å². The van der Waals surface area contributed by atoms with Gasteiger partial charge >= 0.3 is 11.9 Å². The molecule has 1 amide bonds. The third-order valence-corrected chi connectivity index (χ3v) is 7.12. The number of para-hydroxylation sites is 1. The molecule has 1 saturated heterocycles. The first kappa shape index (κ1) is 25.2. The molecule has 9 nitrogen and oxygen atoms in total. The monoisotopic (exact) mass is 492 g/mol. The number of benzene rings is 2. The summed E-state index contributed by atoms with van der Waals surface area (Å²) in [5.41, 5.74) is 10.7. The predicted molar refractivity (Wildman–Crippen MR) is 137 cm³/mol. The molecular weight excluding hydrogens is 460 g/mol. The number of carboxylic acid groups (broad SMARTS) is 2. The Morgan fingerprint density at radius 1 is 1.00 bits per heavy atom. The van der Waals surface area contributed by atoms with Crippen LogP contribution in [0.25, 0.3) is 10.9 Å². The Bertz CT molecular complexity index is 1220. The Kier molecular flexibility index (Phi) is 7.90. The lowest BCUT2D eigenvalue weighted by Crippen LogP contribution is -2.35. The number of carbonyl (C=O) groups excluding carboxylic acids is 1. The number of carbonyl (C=O) groups is 3. The van der Waals surface area contributed by atoms with Gasteiger partial charge in [-0.3, -0.25) is 4.79 Å². The zero-order valence-electron chi connectivity index (χ0n) is 20.1. The first-order chi connectivity index (χ1) is 17.3. The van der Waals surface area contributed by atoms with Gasteiger partial charge < -0.3 is 30.7 Å². The molecule has 1 fully saturated rings. The highest BCUT2D eigenvalue weighted by atomic mass is 16.4. The minimum atomic E-state index is -1.82. The van der Waals surface area contributed by atoms with Gasteiger partial charge in [0, 0.05) is 29.9 Å². The number of likely N-dealkylation sites (tertiary alicyclic amines) is 1. The van der Waals surface area contributed by atoms with Crippen LogP contribution in [0.4, 0.5) is 5.69 Å². The number of hydrogen-bond acceptors (Lipinski definition) is 5. The molecule has 2 aliphatic rings. The highest BCUT2D eigenvalue weighted by Crippen LogP contribution is 2.38. The number of nitrogens with two attached hydrogens (primary N) is 1. The van der Waals surface area contributed by atoms with Gasteiger partial charge in [-0.2, -0.15) is 0 Å². The maximum absolute atomic E-state index is 11.5. The lowest BCUT2D eigenvalue weighted by Gasteiger charge is -2.33. The average molecular weight is 493 g/mol. The lowest BCUT2D eigenvalue weighted by atomic mass is 9.88. The van der Waals surface area contributed by atoms with Gasteiger partial charge in [-0.15, -0.1) is 0 Å². The van der Waals surface area contributed by atoms with Crippen molar-refractivity contribution in [3.63, 3.8) is 0 Å². The van der Waals surface area contributed by atoms with E-state index in [1.807, 2.05) is 12.3 Å². The highest BCUT2D eigenvalue weighted by Gasteiger charge is 2.29. The van der Waals surface area contributed by atoms with Crippen LogP contribution in [0.2, 0.25) is 0 Å². The van der Waals surface area contributed by atoms with Crippen molar-refractivity contribution in [3.05, 3.63) is 65.9 Å². The van der Waals surface area contributed by atoms with E-state index in [0.717, 1.165) is 32.6 Å². The van der Waals surface area contributed by atoms with Crippen molar-refractivity contribution >= 4 is 34.4 Å². The van der Waals surface area contributed by atoms with Crippen molar-refractivity contribution in [1.29, 1.82) is 0 Å². The number of aromatic amines is 1. The number of rotatable bonds is 6. The molecule has 3 heterocycles. The highest BCUT2D eigenvalue weighted by molar-refractivity contribution is 6.27. The van der Waals surface area contributed by atoms with E-state index in [1.165, 1.54) is 40.6 Å². The molecule has 1 atom stereocenters. The number of primary amides is 1. The summed E-state index contributed by atoms with van der Waals surface area (Å²) >= 11 is 0. The quantitative estimate of drug-likeness (QED) is 0.388. The summed E-state index contributed by atoms with van der Waals surface area (Å²) in [6, 6.07) is 17.5. The standard InChI is InChI=1S/C25H30N4O.C2H2O4/c26-25(30)17-29-16-21(22-3-1-2-4-24(22)29)10-14-28-12-8-18(9-13-28)19-5-6-23-20(15-19)7-11-27-23;3-1(4)2(5)6/h1-7,11,15,18,21,27H,8-10,12-14,16-17H2,(H2,26,30);(H,3,4)(H,5,6). The number of carboxylic acids is 2. The molecule has 3 aromatic rings. The third-order valence-electron chi connectivity index (χ3n) is 7.12. The van der Waals surface area contributed by atoms with Gasteiger partial charge in [0.25, 0.3) is 0 Å². The number of hydrogen-bond donors (Lipinski definition) is 4. The first-order valence-corrected chi connectivity index (χ1v) is 12.2. The molecule has 9 heteroatoms. The van der Waals surface area contributed by atoms with E-state index in [4.69, 9.17) is 25.5 Å². The largest absolute Gasteiger partial charge is 0.473 e. The number of anilines is 1. The maximum Gasteiger partial charge on any atom is 0.414 e. The zero-order chi connectivity index (χ0) is 25.7. The van der Waals surface area contributed by atoms with Crippen molar-refractivity contribution in [3.8, 4) is 0 Å². The van der Waals surface area contributed by atoms with E-state index in [1.54, 1.807) is 0 Å². The number of amides is 1. The number of piperidine rings is 1. The number of H-pyrrole nitrogens is 1. The van der Waals surface area contributed by atoms with Crippen molar-refractivity contribution in [2.75, 3.05) is 37.6 Å². The minimum absolute atomic E-state index is 0.259. The van der Waals surface area contributed by atoms with E-state index in [2.05, 4.69) is 57.2 Å². The Morgan fingerprint density at radius 3 is 2.42 bits per heavy atom. The zero-order valence-corrected chi connectivity index (χ0v) is 20.1. The fourth-order valence-corrected chi connectivity index (χ4v) is 5.32. The van der Waals surface area contributed by atoms with Crippen LogP contribution in [0.15, 0.2) is 54.7 Å². The maximum atomic E-state index is 11.5. The summed E-state index contributed by atoms with van der Waals surface area (Å²) in [4.78, 5) is 37.7. The van der Waals surface area contributed by atoms with Crippen molar-refractivity contribution < 1.29 is 24.6 Å². The molecule has 2 aliphatic heterocycles. The Morgan fingerprint density at radius 2 is 1.72 bits per heavy atom. The average Bonchev–Trinajstić information content (AvgIpc) is 3.47. The molecule has 5 N–H and O–H groups in total. The van der Waals surface area contributed by atoms with Gasteiger partial charge in [0.1, 0.15) is 0 Å². The number of nitrogens with one attached hydrogen (secondary N) is 1. The van der Waals surface area contributed by atoms with Crippen LogP contribution in [0.3, 0.4) is 0 Å². The number of fused-ring (bicyclic) bond motifs is 2. The molecule has 0 bridgehead atoms. The summed E-state index contributed by atoms with van der Waals surface area (Å²) in [6.07, 6.45) is 5.60. The van der Waals surface area contributed by atoms with Gasteiger partial charge in [-0.25, -0.2) is 9.59 Å². The third kappa shape index (κ3) is 6.04. The summed E-state index contributed by atoms with van der Waals surface area (Å²) in [6.45, 7) is 4.65. The Balaban J connectivity index is 0.000000455. The predicted octanol–water partition coefficient (Wildman–Crippen LogP) is 2.98. The molecule has 2 aromatic carbocycles. The molecule has 0 saturated carbocycles. The van der Waals surface area contributed by atoms with Crippen LogP contribution in [-0.2, 0) is 14.4 Å². The molecule has 5 rings (SSSR count). The number of aliphatic carboxylic acids is 2. The van der Waals surface area contributed by atoms with Crippen LogP contribution >= 0.6 is 0 Å². The van der Waals surface area contributed by atoms with Crippen LogP contribution < -0.4 is 10.6 Å². The van der Waals surface area contributed by atoms with Crippen LogP contribution in [0, 0.1) is 0 Å². The summed E-state index contributed by atoms with van der Waals surface area (Å²) in [7, 11) is 0. The van der Waals surface area contributed by atoms with Crippen LogP contribution in [-0.4, -0.2) is 70.7 Å². The molecule has 1 unspecified atom stereocenters. The van der Waals surface area contributed by atoms with Crippen LogP contribution in [0.1, 0.15) is 42.2 Å².